The molecule has 0 aliphatic carbocycles. The number of aryl methyl sites for hydroxylation is 1. The number of amides is 1. The molecular weight excluding hydrogens is 329 g/mol. The van der Waals surface area contributed by atoms with Crippen LogP contribution in [0.15, 0.2) is 28.8 Å². The quantitative estimate of drug-likeness (QED) is 0.862. The molecule has 128 valence electrons. The summed E-state index contributed by atoms with van der Waals surface area (Å²) in [6, 6.07) is 2.48. The average Bonchev–Trinajstić information content (AvgIpc) is 2.88. The Morgan fingerprint density at radius 3 is 2.54 bits per heavy atom. The first-order chi connectivity index (χ1) is 11.1. The second kappa shape index (κ2) is 6.73. The van der Waals surface area contributed by atoms with Crippen LogP contribution in [0.5, 0.6) is 0 Å². The monoisotopic (exact) mass is 342 g/mol. The van der Waals surface area contributed by atoms with Gasteiger partial charge in [-0.15, -0.1) is 0 Å². The molecule has 0 saturated carbocycles. The van der Waals surface area contributed by atoms with Crippen molar-refractivity contribution in [1.82, 2.24) is 4.98 Å². The number of halogens is 3. The lowest BCUT2D eigenvalue weighted by Crippen LogP contribution is -2.13. The van der Waals surface area contributed by atoms with Crippen molar-refractivity contribution < 1.29 is 31.9 Å². The van der Waals surface area contributed by atoms with Crippen molar-refractivity contribution in [3.05, 3.63) is 47.2 Å². The van der Waals surface area contributed by atoms with Gasteiger partial charge in [0, 0.05) is 12.6 Å². The summed E-state index contributed by atoms with van der Waals surface area (Å²) in [4.78, 5) is 26.8. The number of hydrogen-bond donors (Lipinski definition) is 1. The fourth-order valence-electron chi connectivity index (χ4n) is 1.86. The number of esters is 1. The van der Waals surface area contributed by atoms with Crippen molar-refractivity contribution in [2.24, 2.45) is 0 Å². The van der Waals surface area contributed by atoms with Crippen molar-refractivity contribution in [1.29, 1.82) is 0 Å². The molecule has 1 aromatic carbocycles. The van der Waals surface area contributed by atoms with Crippen molar-refractivity contribution in [2.75, 3.05) is 5.32 Å². The van der Waals surface area contributed by atoms with E-state index in [1.54, 1.807) is 6.92 Å². The Labute approximate surface area is 134 Å². The number of rotatable bonds is 4. The van der Waals surface area contributed by atoms with Crippen LogP contribution in [0.3, 0.4) is 0 Å². The maximum absolute atomic E-state index is 12.9. The summed E-state index contributed by atoms with van der Waals surface area (Å²) in [5.74, 6) is -0.935. The fraction of sp³-hybridized carbons (Fsp3) is 0.267. The molecule has 0 unspecified atom stereocenters. The van der Waals surface area contributed by atoms with Crippen LogP contribution in [-0.2, 0) is 22.3 Å². The van der Waals surface area contributed by atoms with E-state index in [2.05, 4.69) is 10.3 Å². The van der Waals surface area contributed by atoms with E-state index in [1.165, 1.54) is 6.20 Å². The van der Waals surface area contributed by atoms with Crippen LogP contribution in [0.2, 0.25) is 0 Å². The molecule has 1 heterocycles. The highest BCUT2D eigenvalue weighted by molar-refractivity contribution is 5.94. The molecule has 0 bridgehead atoms. The lowest BCUT2D eigenvalue weighted by Gasteiger charge is -2.12. The zero-order valence-corrected chi connectivity index (χ0v) is 12.7. The van der Waals surface area contributed by atoms with Crippen molar-refractivity contribution in [2.45, 2.75) is 26.6 Å². The molecule has 0 saturated heterocycles. The lowest BCUT2D eigenvalue weighted by molar-refractivity contribution is -0.137. The number of nitrogens with zero attached hydrogens (tertiary/aromatic N) is 1. The Morgan fingerprint density at radius 1 is 1.29 bits per heavy atom. The molecule has 0 aliphatic heterocycles. The van der Waals surface area contributed by atoms with E-state index in [4.69, 9.17) is 9.15 Å². The molecule has 1 amide bonds. The molecule has 0 spiro atoms. The third-order valence-corrected chi connectivity index (χ3v) is 2.81. The van der Waals surface area contributed by atoms with E-state index < -0.39 is 23.6 Å². The van der Waals surface area contributed by atoms with Gasteiger partial charge in [-0.2, -0.15) is 13.2 Å². The number of oxazole rings is 1. The highest BCUT2D eigenvalue weighted by atomic mass is 19.4. The van der Waals surface area contributed by atoms with E-state index >= 15 is 0 Å². The molecule has 1 N–H and O–H groups in total. The summed E-state index contributed by atoms with van der Waals surface area (Å²) in [6.45, 7) is 2.46. The first-order valence-corrected chi connectivity index (χ1v) is 6.73. The second-order valence-corrected chi connectivity index (χ2v) is 4.92. The van der Waals surface area contributed by atoms with Gasteiger partial charge in [0.25, 0.3) is 0 Å². The predicted octanol–water partition coefficient (Wildman–Crippen LogP) is 3.32. The molecule has 0 aliphatic rings. The van der Waals surface area contributed by atoms with Crippen molar-refractivity contribution in [3.63, 3.8) is 0 Å². The molecule has 0 radical (unpaired) electrons. The number of ether oxygens (including phenoxy) is 1. The Morgan fingerprint density at radius 2 is 2.00 bits per heavy atom. The van der Waals surface area contributed by atoms with Gasteiger partial charge in [0.15, 0.2) is 6.61 Å². The number of alkyl halides is 3. The molecule has 2 rings (SSSR count). The van der Waals surface area contributed by atoms with Crippen LogP contribution in [0.25, 0.3) is 0 Å². The molecule has 1 aromatic heterocycles. The van der Waals surface area contributed by atoms with Crippen LogP contribution in [0.4, 0.5) is 18.9 Å². The van der Waals surface area contributed by atoms with Crippen LogP contribution in [0.1, 0.15) is 34.5 Å². The first kappa shape index (κ1) is 17.5. The summed E-state index contributed by atoms with van der Waals surface area (Å²) >= 11 is 0. The number of benzene rings is 1. The number of hydrogen-bond acceptors (Lipinski definition) is 5. The van der Waals surface area contributed by atoms with Gasteiger partial charge in [-0.1, -0.05) is 0 Å². The highest BCUT2D eigenvalue weighted by Gasteiger charge is 2.32. The topological polar surface area (TPSA) is 81.4 Å². The van der Waals surface area contributed by atoms with E-state index in [0.717, 1.165) is 19.1 Å². The molecular formula is C15H13F3N2O4. The molecule has 0 atom stereocenters. The van der Waals surface area contributed by atoms with Crippen LogP contribution >= 0.6 is 0 Å². The van der Waals surface area contributed by atoms with Gasteiger partial charge < -0.3 is 14.5 Å². The number of aromatic nitrogens is 1. The van der Waals surface area contributed by atoms with Gasteiger partial charge in [-0.25, -0.2) is 9.78 Å². The van der Waals surface area contributed by atoms with Gasteiger partial charge in [0.05, 0.1) is 17.3 Å². The van der Waals surface area contributed by atoms with Crippen LogP contribution in [0, 0.1) is 6.92 Å². The van der Waals surface area contributed by atoms with Gasteiger partial charge in [-0.05, 0) is 25.1 Å². The third-order valence-electron chi connectivity index (χ3n) is 2.81. The number of carbonyl (C=O) groups excluding carboxylic acids is 2. The zero-order chi connectivity index (χ0) is 17.9. The zero-order valence-electron chi connectivity index (χ0n) is 12.7. The smallest absolute Gasteiger partial charge is 0.416 e. The Hall–Kier alpha value is -2.84. The van der Waals surface area contributed by atoms with Gasteiger partial charge in [0.1, 0.15) is 5.76 Å². The Kier molecular flexibility index (Phi) is 4.91. The summed E-state index contributed by atoms with van der Waals surface area (Å²) in [6.07, 6.45) is -3.26. The molecule has 2 aromatic rings. The van der Waals surface area contributed by atoms with Gasteiger partial charge in [0.2, 0.25) is 11.8 Å². The molecule has 9 heteroatoms. The highest BCUT2D eigenvalue weighted by Crippen LogP contribution is 2.32. The minimum absolute atomic E-state index is 0.120. The van der Waals surface area contributed by atoms with Gasteiger partial charge in [-0.3, -0.25) is 4.79 Å². The predicted molar refractivity (Wildman–Crippen MR) is 76.1 cm³/mol. The summed E-state index contributed by atoms with van der Waals surface area (Å²) in [5.41, 5.74) is -1.58. The van der Waals surface area contributed by atoms with E-state index in [1.807, 2.05) is 0 Å². The lowest BCUT2D eigenvalue weighted by atomic mass is 10.1. The van der Waals surface area contributed by atoms with E-state index in [0.29, 0.717) is 11.8 Å². The SMILES string of the molecule is CC(=O)Nc1cc(C(=O)OCc2ncc(C)o2)cc(C(F)(F)F)c1. The number of anilines is 1. The Bertz CT molecular complexity index is 768. The summed E-state index contributed by atoms with van der Waals surface area (Å²) < 4.78 is 48.7. The number of carbonyl (C=O) groups is 2. The summed E-state index contributed by atoms with van der Waals surface area (Å²) in [7, 11) is 0. The van der Waals surface area contributed by atoms with Gasteiger partial charge >= 0.3 is 12.1 Å². The molecule has 0 fully saturated rings. The average molecular weight is 342 g/mol. The first-order valence-electron chi connectivity index (χ1n) is 6.73. The minimum atomic E-state index is -4.68. The van der Waals surface area contributed by atoms with E-state index in [9.17, 15) is 22.8 Å². The van der Waals surface area contributed by atoms with Crippen LogP contribution < -0.4 is 5.32 Å². The van der Waals surface area contributed by atoms with Crippen molar-refractivity contribution >= 4 is 17.6 Å². The molecule has 6 nitrogen and oxygen atoms in total. The fourth-order valence-corrected chi connectivity index (χ4v) is 1.86. The maximum atomic E-state index is 12.9. The maximum Gasteiger partial charge on any atom is 0.416 e. The summed E-state index contributed by atoms with van der Waals surface area (Å²) in [5, 5.41) is 2.21. The minimum Gasteiger partial charge on any atom is -0.452 e. The van der Waals surface area contributed by atoms with E-state index in [-0.39, 0.29) is 23.7 Å². The Balaban J connectivity index is 2.23. The normalized spacial score (nSPS) is 11.2. The standard InChI is InChI=1S/C15H13F3N2O4/c1-8-6-19-13(24-8)7-23-14(22)10-3-11(15(16,17)18)5-12(4-10)20-9(2)21/h3-6H,7H2,1-2H3,(H,20,21). The molecule has 24 heavy (non-hydrogen) atoms. The third kappa shape index (κ3) is 4.58. The van der Waals surface area contributed by atoms with Crippen molar-refractivity contribution in [3.8, 4) is 0 Å². The largest absolute Gasteiger partial charge is 0.452 e. The number of nitrogens with one attached hydrogen (secondary N) is 1. The van der Waals surface area contributed by atoms with Crippen LogP contribution in [-0.4, -0.2) is 16.9 Å². The second-order valence-electron chi connectivity index (χ2n) is 4.92.